The predicted octanol–water partition coefficient (Wildman–Crippen LogP) is 4.12. The second kappa shape index (κ2) is 6.52. The maximum Gasteiger partial charge on any atom is 0.171 e. The summed E-state index contributed by atoms with van der Waals surface area (Å²) < 4.78 is 27.6. The molecule has 0 unspecified atom stereocenters. The van der Waals surface area contributed by atoms with Gasteiger partial charge in [-0.3, -0.25) is 0 Å². The molecule has 0 saturated heterocycles. The summed E-state index contributed by atoms with van der Waals surface area (Å²) >= 11 is 0. The summed E-state index contributed by atoms with van der Waals surface area (Å²) in [5.41, 5.74) is 2.00. The minimum Gasteiger partial charge on any atom is -0.368 e. The molecule has 0 fully saturated rings. The number of benzene rings is 1. The Bertz CT molecular complexity index is 612. The molecular weight excluding hydrogens is 272 g/mol. The summed E-state index contributed by atoms with van der Waals surface area (Å²) in [6.07, 6.45) is 0.942. The Balaban J connectivity index is 2.36. The van der Waals surface area contributed by atoms with Gasteiger partial charge in [0.25, 0.3) is 0 Å². The fourth-order valence-electron chi connectivity index (χ4n) is 2.06. The van der Waals surface area contributed by atoms with Gasteiger partial charge >= 0.3 is 0 Å². The highest BCUT2D eigenvalue weighted by Gasteiger charge is 2.16. The number of nitrogens with zero attached hydrogens (tertiary/aromatic N) is 2. The van der Waals surface area contributed by atoms with Crippen LogP contribution in [0, 0.1) is 11.6 Å². The van der Waals surface area contributed by atoms with Crippen LogP contribution in [0.5, 0.6) is 0 Å². The van der Waals surface area contributed by atoms with Crippen molar-refractivity contribution in [2.75, 3.05) is 23.8 Å². The highest BCUT2D eigenvalue weighted by Crippen LogP contribution is 2.27. The monoisotopic (exact) mass is 291 g/mol. The molecule has 3 nitrogen and oxygen atoms in total. The molecule has 1 aromatic carbocycles. The number of aromatic nitrogens is 1. The minimum atomic E-state index is -0.687. The van der Waals surface area contributed by atoms with Crippen LogP contribution in [-0.4, -0.2) is 18.6 Å². The fraction of sp³-hybridized carbons (Fsp3) is 0.312. The number of rotatable bonds is 5. The summed E-state index contributed by atoms with van der Waals surface area (Å²) in [5.74, 6) is -1.22. The first-order valence-corrected chi connectivity index (χ1v) is 6.99. The Morgan fingerprint density at radius 3 is 2.33 bits per heavy atom. The third-order valence-corrected chi connectivity index (χ3v) is 3.30. The molecule has 0 aliphatic heterocycles. The number of pyridine rings is 1. The van der Waals surface area contributed by atoms with Crippen LogP contribution in [0.3, 0.4) is 0 Å². The lowest BCUT2D eigenvalue weighted by Gasteiger charge is -2.20. The maximum absolute atomic E-state index is 14.0. The van der Waals surface area contributed by atoms with Crippen LogP contribution in [0.2, 0.25) is 0 Å². The first-order valence-electron chi connectivity index (χ1n) is 6.99. The van der Waals surface area contributed by atoms with Crippen LogP contribution < -0.4 is 10.2 Å². The molecule has 5 heteroatoms. The average Bonchev–Trinajstić information content (AvgIpc) is 2.49. The van der Waals surface area contributed by atoms with Crippen molar-refractivity contribution in [1.29, 1.82) is 0 Å². The highest BCUT2D eigenvalue weighted by atomic mass is 19.1. The van der Waals surface area contributed by atoms with Crippen LogP contribution >= 0.6 is 0 Å². The van der Waals surface area contributed by atoms with E-state index in [1.165, 1.54) is 5.56 Å². The molecular formula is C16H19F2N3. The van der Waals surface area contributed by atoms with E-state index < -0.39 is 11.6 Å². The molecule has 0 aliphatic carbocycles. The first-order chi connectivity index (χ1) is 10.1. The molecule has 2 rings (SSSR count). The van der Waals surface area contributed by atoms with Gasteiger partial charge in [0.05, 0.1) is 0 Å². The van der Waals surface area contributed by atoms with Crippen molar-refractivity contribution < 1.29 is 8.78 Å². The van der Waals surface area contributed by atoms with Crippen molar-refractivity contribution in [2.45, 2.75) is 20.3 Å². The zero-order valence-electron chi connectivity index (χ0n) is 12.5. The summed E-state index contributed by atoms with van der Waals surface area (Å²) in [6, 6.07) is 8.63. The number of aryl methyl sites for hydroxylation is 1. The van der Waals surface area contributed by atoms with Crippen molar-refractivity contribution in [2.24, 2.45) is 0 Å². The topological polar surface area (TPSA) is 28.2 Å². The van der Waals surface area contributed by atoms with Crippen molar-refractivity contribution in [3.63, 3.8) is 0 Å². The Hall–Kier alpha value is -2.17. The van der Waals surface area contributed by atoms with Gasteiger partial charge in [0.1, 0.15) is 0 Å². The van der Waals surface area contributed by atoms with E-state index in [0.717, 1.165) is 18.2 Å². The van der Waals surface area contributed by atoms with Crippen molar-refractivity contribution in [1.82, 2.24) is 4.98 Å². The third-order valence-electron chi connectivity index (χ3n) is 3.30. The molecule has 0 bridgehead atoms. The molecule has 1 heterocycles. The average molecular weight is 291 g/mol. The minimum absolute atomic E-state index is 0.0610. The summed E-state index contributed by atoms with van der Waals surface area (Å²) in [5, 5.41) is 2.79. The molecule has 0 spiro atoms. The largest absolute Gasteiger partial charge is 0.368 e. The predicted molar refractivity (Wildman–Crippen MR) is 82.2 cm³/mol. The summed E-state index contributed by atoms with van der Waals surface area (Å²) in [6.45, 7) is 4.42. The molecule has 112 valence electrons. The second-order valence-corrected chi connectivity index (χ2v) is 4.73. The summed E-state index contributed by atoms with van der Waals surface area (Å²) in [7, 11) is 1.71. The number of nitrogens with one attached hydrogen (secondary N) is 1. The van der Waals surface area contributed by atoms with Crippen LogP contribution in [0.1, 0.15) is 19.4 Å². The molecule has 1 aromatic heterocycles. The SMILES string of the molecule is CCNc1nc(N(C)c2ccc(CC)cc2)c(F)cc1F. The van der Waals surface area contributed by atoms with E-state index in [2.05, 4.69) is 17.2 Å². The van der Waals surface area contributed by atoms with Gasteiger partial charge in [0.2, 0.25) is 0 Å². The van der Waals surface area contributed by atoms with Crippen LogP contribution in [0.4, 0.5) is 26.1 Å². The van der Waals surface area contributed by atoms with E-state index in [4.69, 9.17) is 0 Å². The Labute approximate surface area is 123 Å². The van der Waals surface area contributed by atoms with E-state index in [-0.39, 0.29) is 11.6 Å². The lowest BCUT2D eigenvalue weighted by atomic mass is 10.1. The standard InChI is InChI=1S/C16H19F2N3/c1-4-11-6-8-12(9-7-11)21(3)16-14(18)10-13(17)15(20-16)19-5-2/h6-10H,4-5H2,1-3H3,(H,19,20). The van der Waals surface area contributed by atoms with Crippen LogP contribution in [0.25, 0.3) is 0 Å². The zero-order chi connectivity index (χ0) is 15.4. The number of hydrogen-bond donors (Lipinski definition) is 1. The molecule has 0 atom stereocenters. The highest BCUT2D eigenvalue weighted by molar-refractivity contribution is 5.62. The Morgan fingerprint density at radius 1 is 1.10 bits per heavy atom. The van der Waals surface area contributed by atoms with E-state index >= 15 is 0 Å². The van der Waals surface area contributed by atoms with E-state index in [9.17, 15) is 8.78 Å². The molecule has 21 heavy (non-hydrogen) atoms. The molecule has 0 amide bonds. The van der Waals surface area contributed by atoms with Gasteiger partial charge in [-0.1, -0.05) is 19.1 Å². The molecule has 0 saturated carbocycles. The number of anilines is 3. The normalized spacial score (nSPS) is 10.5. The van der Waals surface area contributed by atoms with Gasteiger partial charge in [0, 0.05) is 25.3 Å². The lowest BCUT2D eigenvalue weighted by molar-refractivity contribution is 0.576. The van der Waals surface area contributed by atoms with E-state index in [1.54, 1.807) is 11.9 Å². The Kier molecular flexibility index (Phi) is 4.73. The van der Waals surface area contributed by atoms with Gasteiger partial charge in [-0.15, -0.1) is 0 Å². The molecule has 0 aliphatic rings. The third kappa shape index (κ3) is 3.29. The van der Waals surface area contributed by atoms with Crippen LogP contribution in [-0.2, 0) is 6.42 Å². The molecule has 2 aromatic rings. The fourth-order valence-corrected chi connectivity index (χ4v) is 2.06. The number of halogens is 2. The lowest BCUT2D eigenvalue weighted by Crippen LogP contribution is -2.15. The first kappa shape index (κ1) is 15.2. The zero-order valence-corrected chi connectivity index (χ0v) is 12.5. The van der Waals surface area contributed by atoms with Crippen molar-refractivity contribution in [3.8, 4) is 0 Å². The number of hydrogen-bond acceptors (Lipinski definition) is 3. The van der Waals surface area contributed by atoms with Crippen molar-refractivity contribution in [3.05, 3.63) is 47.5 Å². The summed E-state index contributed by atoms with van der Waals surface area (Å²) in [4.78, 5) is 5.65. The van der Waals surface area contributed by atoms with E-state index in [1.807, 2.05) is 31.2 Å². The van der Waals surface area contributed by atoms with Gasteiger partial charge in [-0.25, -0.2) is 13.8 Å². The van der Waals surface area contributed by atoms with Crippen LogP contribution in [0.15, 0.2) is 30.3 Å². The Morgan fingerprint density at radius 2 is 1.76 bits per heavy atom. The van der Waals surface area contributed by atoms with Crippen molar-refractivity contribution >= 4 is 17.3 Å². The van der Waals surface area contributed by atoms with Gasteiger partial charge in [-0.2, -0.15) is 0 Å². The molecule has 1 N–H and O–H groups in total. The quantitative estimate of drug-likeness (QED) is 0.898. The van der Waals surface area contributed by atoms with Gasteiger partial charge in [0.15, 0.2) is 23.3 Å². The maximum atomic E-state index is 14.0. The second-order valence-electron chi connectivity index (χ2n) is 4.73. The van der Waals surface area contributed by atoms with Gasteiger partial charge < -0.3 is 10.2 Å². The van der Waals surface area contributed by atoms with E-state index in [0.29, 0.717) is 6.54 Å². The van der Waals surface area contributed by atoms with Gasteiger partial charge in [-0.05, 0) is 31.0 Å². The molecule has 0 radical (unpaired) electrons. The smallest absolute Gasteiger partial charge is 0.171 e.